The number of nitrogens with one attached hydrogen (secondary N) is 2. The van der Waals surface area contributed by atoms with Crippen LogP contribution in [-0.2, 0) is 17.8 Å². The molecule has 33 heavy (non-hydrogen) atoms. The number of aryl methyl sites for hydroxylation is 1. The molecule has 0 radical (unpaired) electrons. The van der Waals surface area contributed by atoms with E-state index in [0.717, 1.165) is 42.0 Å². The largest absolute Gasteiger partial charge is 0.486 e. The molecule has 172 valence electrons. The summed E-state index contributed by atoms with van der Waals surface area (Å²) >= 11 is 1.41. The molecular weight excluding hydrogens is 434 g/mol. The maximum atomic E-state index is 12.8. The van der Waals surface area contributed by atoms with Crippen molar-refractivity contribution in [3.63, 3.8) is 0 Å². The van der Waals surface area contributed by atoms with E-state index in [0.29, 0.717) is 18.7 Å². The normalized spacial score (nSPS) is 17.8. The summed E-state index contributed by atoms with van der Waals surface area (Å²) in [5.41, 5.74) is 2.55. The van der Waals surface area contributed by atoms with Gasteiger partial charge in [0.25, 0.3) is 5.91 Å². The summed E-state index contributed by atoms with van der Waals surface area (Å²) in [6, 6.07) is 17.4. The lowest BCUT2D eigenvalue weighted by Crippen LogP contribution is -2.53. The maximum absolute atomic E-state index is 12.8. The zero-order chi connectivity index (χ0) is 23.0. The predicted molar refractivity (Wildman–Crippen MR) is 129 cm³/mol. The first-order chi connectivity index (χ1) is 16.1. The fraction of sp³-hybridized carbons (Fsp3) is 0.346. The molecule has 3 aromatic rings. The molecular formula is C26H29N3O3S. The van der Waals surface area contributed by atoms with Crippen molar-refractivity contribution >= 4 is 23.2 Å². The fourth-order valence-electron chi connectivity index (χ4n) is 4.02. The number of nitrogens with zero attached hydrogens (tertiary/aromatic N) is 1. The predicted octanol–water partition coefficient (Wildman–Crippen LogP) is 4.43. The third-order valence-electron chi connectivity index (χ3n) is 5.80. The Bertz CT molecular complexity index is 1070. The van der Waals surface area contributed by atoms with E-state index in [-0.39, 0.29) is 23.9 Å². The number of hydrogen-bond donors (Lipinski definition) is 2. The van der Waals surface area contributed by atoms with Gasteiger partial charge in [-0.05, 0) is 37.5 Å². The van der Waals surface area contributed by atoms with Crippen molar-refractivity contribution in [3.8, 4) is 5.75 Å². The van der Waals surface area contributed by atoms with Crippen LogP contribution in [0.2, 0.25) is 0 Å². The van der Waals surface area contributed by atoms with Gasteiger partial charge in [0.1, 0.15) is 23.1 Å². The van der Waals surface area contributed by atoms with Crippen LogP contribution in [0.5, 0.6) is 5.75 Å². The molecule has 2 N–H and O–H groups in total. The molecule has 1 saturated carbocycles. The first kappa shape index (κ1) is 23.0. The number of thiazole rings is 1. The van der Waals surface area contributed by atoms with E-state index in [1.807, 2.05) is 61.5 Å². The third kappa shape index (κ3) is 6.65. The Kier molecular flexibility index (Phi) is 7.73. The average Bonchev–Trinajstić information content (AvgIpc) is 3.30. The number of benzene rings is 2. The summed E-state index contributed by atoms with van der Waals surface area (Å²) in [5, 5.41) is 8.73. The van der Waals surface area contributed by atoms with Crippen molar-refractivity contribution in [2.75, 3.05) is 0 Å². The second-order valence-electron chi connectivity index (χ2n) is 8.43. The van der Waals surface area contributed by atoms with Crippen molar-refractivity contribution in [3.05, 3.63) is 81.8 Å². The lowest BCUT2D eigenvalue weighted by atomic mass is 9.90. The highest BCUT2D eigenvalue weighted by Gasteiger charge is 2.28. The van der Waals surface area contributed by atoms with Gasteiger partial charge >= 0.3 is 0 Å². The SMILES string of the molecule is Cc1ccc(OCc2nc(C(=O)NC3CCCCC3NC(=O)Cc3ccccc3)cs2)cc1. The van der Waals surface area contributed by atoms with Gasteiger partial charge in [0.05, 0.1) is 6.42 Å². The Morgan fingerprint density at radius 1 is 1.00 bits per heavy atom. The van der Waals surface area contributed by atoms with Gasteiger partial charge in [-0.25, -0.2) is 4.98 Å². The zero-order valence-electron chi connectivity index (χ0n) is 18.8. The molecule has 0 aliphatic heterocycles. The molecule has 4 rings (SSSR count). The smallest absolute Gasteiger partial charge is 0.271 e. The Balaban J connectivity index is 1.30. The number of aromatic nitrogens is 1. The first-order valence-electron chi connectivity index (χ1n) is 11.3. The number of ether oxygens (including phenoxy) is 1. The second-order valence-corrected chi connectivity index (χ2v) is 9.37. The molecule has 0 saturated heterocycles. The topological polar surface area (TPSA) is 80.3 Å². The lowest BCUT2D eigenvalue weighted by Gasteiger charge is -2.32. The number of rotatable bonds is 8. The van der Waals surface area contributed by atoms with Crippen LogP contribution in [0.4, 0.5) is 0 Å². The van der Waals surface area contributed by atoms with Gasteiger partial charge in [-0.1, -0.05) is 60.9 Å². The fourth-order valence-corrected chi connectivity index (χ4v) is 4.70. The van der Waals surface area contributed by atoms with E-state index in [1.54, 1.807) is 5.38 Å². The molecule has 1 fully saturated rings. The summed E-state index contributed by atoms with van der Waals surface area (Å²) in [6.07, 6.45) is 4.12. The Morgan fingerprint density at radius 3 is 2.42 bits per heavy atom. The van der Waals surface area contributed by atoms with Gasteiger partial charge in [-0.2, -0.15) is 0 Å². The monoisotopic (exact) mass is 463 g/mol. The average molecular weight is 464 g/mol. The highest BCUT2D eigenvalue weighted by atomic mass is 32.1. The van der Waals surface area contributed by atoms with E-state index in [1.165, 1.54) is 16.9 Å². The van der Waals surface area contributed by atoms with E-state index in [2.05, 4.69) is 15.6 Å². The van der Waals surface area contributed by atoms with Gasteiger partial charge < -0.3 is 15.4 Å². The lowest BCUT2D eigenvalue weighted by molar-refractivity contribution is -0.121. The molecule has 1 heterocycles. The van der Waals surface area contributed by atoms with Crippen LogP contribution in [0.1, 0.15) is 52.3 Å². The summed E-state index contributed by atoms with van der Waals surface area (Å²) in [5.74, 6) is 0.552. The van der Waals surface area contributed by atoms with Gasteiger partial charge in [-0.15, -0.1) is 11.3 Å². The summed E-state index contributed by atoms with van der Waals surface area (Å²) in [6.45, 7) is 2.35. The first-order valence-corrected chi connectivity index (χ1v) is 12.2. The minimum atomic E-state index is -0.206. The quantitative estimate of drug-likeness (QED) is 0.518. The molecule has 1 aliphatic rings. The van der Waals surface area contributed by atoms with Crippen molar-refractivity contribution in [2.45, 2.75) is 57.7 Å². The molecule has 1 aliphatic carbocycles. The molecule has 6 nitrogen and oxygen atoms in total. The van der Waals surface area contributed by atoms with Crippen molar-refractivity contribution in [2.24, 2.45) is 0 Å². The van der Waals surface area contributed by atoms with Gasteiger partial charge in [0, 0.05) is 17.5 Å². The molecule has 0 bridgehead atoms. The van der Waals surface area contributed by atoms with Gasteiger partial charge in [-0.3, -0.25) is 9.59 Å². The van der Waals surface area contributed by atoms with Crippen LogP contribution >= 0.6 is 11.3 Å². The maximum Gasteiger partial charge on any atom is 0.271 e. The molecule has 1 aromatic heterocycles. The minimum Gasteiger partial charge on any atom is -0.486 e. The van der Waals surface area contributed by atoms with E-state index >= 15 is 0 Å². The van der Waals surface area contributed by atoms with Crippen LogP contribution in [0.25, 0.3) is 0 Å². The summed E-state index contributed by atoms with van der Waals surface area (Å²) in [7, 11) is 0. The van der Waals surface area contributed by atoms with E-state index < -0.39 is 0 Å². The van der Waals surface area contributed by atoms with Crippen LogP contribution in [0.3, 0.4) is 0 Å². The number of carbonyl (C=O) groups is 2. The highest BCUT2D eigenvalue weighted by molar-refractivity contribution is 7.09. The molecule has 2 amide bonds. The standard InChI is InChI=1S/C26H29N3O3S/c1-18-11-13-20(14-12-18)32-16-25-28-23(17-33-25)26(31)29-22-10-6-5-9-21(22)27-24(30)15-19-7-3-2-4-8-19/h2-4,7-8,11-14,17,21-22H,5-6,9-10,15-16H2,1H3,(H,27,30)(H,29,31). The molecule has 0 spiro atoms. The molecule has 2 aromatic carbocycles. The number of carbonyl (C=O) groups excluding carboxylic acids is 2. The van der Waals surface area contributed by atoms with Crippen molar-refractivity contribution < 1.29 is 14.3 Å². The van der Waals surface area contributed by atoms with Crippen LogP contribution in [0, 0.1) is 6.92 Å². The molecule has 7 heteroatoms. The van der Waals surface area contributed by atoms with Crippen LogP contribution in [-0.4, -0.2) is 28.9 Å². The molecule has 2 atom stereocenters. The van der Waals surface area contributed by atoms with E-state index in [4.69, 9.17) is 4.74 Å². The summed E-state index contributed by atoms with van der Waals surface area (Å²) < 4.78 is 5.77. The zero-order valence-corrected chi connectivity index (χ0v) is 19.6. The molecule has 2 unspecified atom stereocenters. The minimum absolute atomic E-state index is 0.0171. The summed E-state index contributed by atoms with van der Waals surface area (Å²) in [4.78, 5) is 29.8. The van der Waals surface area contributed by atoms with Crippen LogP contribution < -0.4 is 15.4 Å². The second kappa shape index (κ2) is 11.1. The van der Waals surface area contributed by atoms with Gasteiger partial charge in [0.15, 0.2) is 0 Å². The highest BCUT2D eigenvalue weighted by Crippen LogP contribution is 2.20. The van der Waals surface area contributed by atoms with Crippen LogP contribution in [0.15, 0.2) is 60.0 Å². The number of hydrogen-bond acceptors (Lipinski definition) is 5. The Morgan fingerprint density at radius 2 is 1.70 bits per heavy atom. The van der Waals surface area contributed by atoms with Gasteiger partial charge in [0.2, 0.25) is 5.91 Å². The van der Waals surface area contributed by atoms with Crippen molar-refractivity contribution in [1.29, 1.82) is 0 Å². The number of amides is 2. The third-order valence-corrected chi connectivity index (χ3v) is 6.63. The Hall–Kier alpha value is -3.19. The van der Waals surface area contributed by atoms with E-state index in [9.17, 15) is 9.59 Å². The Labute approximate surface area is 198 Å². The van der Waals surface area contributed by atoms with Crippen molar-refractivity contribution in [1.82, 2.24) is 15.6 Å².